The highest BCUT2D eigenvalue weighted by atomic mass is 19.1. The third-order valence-electron chi connectivity index (χ3n) is 4.46. The maximum Gasteiger partial charge on any atom is 0.263 e. The summed E-state index contributed by atoms with van der Waals surface area (Å²) < 4.78 is 13.9. The molecule has 2 aromatic carbocycles. The van der Waals surface area contributed by atoms with E-state index in [1.54, 1.807) is 25.1 Å². The van der Waals surface area contributed by atoms with Crippen LogP contribution in [0.15, 0.2) is 52.8 Å². The summed E-state index contributed by atoms with van der Waals surface area (Å²) in [5.74, 6) is -1.41. The van der Waals surface area contributed by atoms with Crippen LogP contribution in [0.25, 0.3) is 0 Å². The molecule has 1 fully saturated rings. The molecule has 2 aliphatic rings. The normalized spacial score (nSPS) is 22.0. The Morgan fingerprint density at radius 1 is 1.00 bits per heavy atom. The number of fused-ring (bicyclic) bond motifs is 1. The molecular weight excluding hydrogens is 323 g/mol. The number of rotatable bonds is 2. The van der Waals surface area contributed by atoms with E-state index in [1.807, 2.05) is 25.1 Å². The maximum absolute atomic E-state index is 13.9. The fraction of sp³-hybridized carbons (Fsp3) is 0.222. The second-order valence-electron chi connectivity index (χ2n) is 6.22. The third-order valence-corrected chi connectivity index (χ3v) is 4.46. The van der Waals surface area contributed by atoms with E-state index in [4.69, 9.17) is 0 Å². The van der Waals surface area contributed by atoms with E-state index in [9.17, 15) is 14.0 Å². The van der Waals surface area contributed by atoms with Gasteiger partial charge in [-0.3, -0.25) is 9.59 Å². The van der Waals surface area contributed by atoms with E-state index < -0.39 is 29.7 Å². The lowest BCUT2D eigenvalue weighted by atomic mass is 10.1. The van der Waals surface area contributed by atoms with E-state index in [-0.39, 0.29) is 5.69 Å². The van der Waals surface area contributed by atoms with Crippen LogP contribution in [0.5, 0.6) is 0 Å². The van der Waals surface area contributed by atoms with Crippen LogP contribution in [-0.2, 0) is 9.59 Å². The Labute approximate surface area is 143 Å². The fourth-order valence-corrected chi connectivity index (χ4v) is 3.12. The molecule has 0 saturated carbocycles. The molecule has 6 nitrogen and oxygen atoms in total. The standard InChI is InChI=1S/C18H15FN4O2/c1-10-4-3-5-13(8-10)23-16-15(20-21-23)17(24)22(18(16)25)12-7-6-11(2)14(19)9-12/h3-9,15-16H,1-2H3/t15-,16+/m0/s1. The summed E-state index contributed by atoms with van der Waals surface area (Å²) in [5, 5.41) is 9.45. The summed E-state index contributed by atoms with van der Waals surface area (Å²) in [7, 11) is 0. The van der Waals surface area contributed by atoms with Gasteiger partial charge in [0.15, 0.2) is 12.1 Å². The van der Waals surface area contributed by atoms with Gasteiger partial charge in [0, 0.05) is 0 Å². The predicted molar refractivity (Wildman–Crippen MR) is 89.7 cm³/mol. The molecule has 7 heteroatoms. The molecule has 126 valence electrons. The molecule has 2 heterocycles. The summed E-state index contributed by atoms with van der Waals surface area (Å²) in [4.78, 5) is 26.5. The minimum Gasteiger partial charge on any atom is -0.271 e. The maximum atomic E-state index is 13.9. The van der Waals surface area contributed by atoms with Gasteiger partial charge in [-0.15, -0.1) is 0 Å². The van der Waals surface area contributed by atoms with Crippen molar-refractivity contribution in [1.29, 1.82) is 0 Å². The van der Waals surface area contributed by atoms with Crippen LogP contribution >= 0.6 is 0 Å². The van der Waals surface area contributed by atoms with Crippen LogP contribution in [-0.4, -0.2) is 23.9 Å². The minimum atomic E-state index is -0.905. The van der Waals surface area contributed by atoms with Crippen LogP contribution in [0.4, 0.5) is 15.8 Å². The second-order valence-corrected chi connectivity index (χ2v) is 6.22. The van der Waals surface area contributed by atoms with Gasteiger partial charge in [0.2, 0.25) is 0 Å². The summed E-state index contributed by atoms with van der Waals surface area (Å²) in [5.41, 5.74) is 2.36. The smallest absolute Gasteiger partial charge is 0.263 e. The zero-order chi connectivity index (χ0) is 17.7. The van der Waals surface area contributed by atoms with Gasteiger partial charge in [0.05, 0.1) is 11.4 Å². The molecule has 0 spiro atoms. The Balaban J connectivity index is 1.71. The molecule has 25 heavy (non-hydrogen) atoms. The van der Waals surface area contributed by atoms with Crippen molar-refractivity contribution in [3.05, 3.63) is 59.4 Å². The molecule has 1 saturated heterocycles. The summed E-state index contributed by atoms with van der Waals surface area (Å²) in [6.07, 6.45) is 0. The molecule has 0 aliphatic carbocycles. The van der Waals surface area contributed by atoms with Gasteiger partial charge in [0.1, 0.15) is 5.82 Å². The first-order chi connectivity index (χ1) is 12.0. The van der Waals surface area contributed by atoms with Crippen molar-refractivity contribution in [3.8, 4) is 0 Å². The number of carbonyl (C=O) groups is 2. The first-order valence-corrected chi connectivity index (χ1v) is 7.88. The van der Waals surface area contributed by atoms with Gasteiger partial charge in [0.25, 0.3) is 11.8 Å². The number of halogens is 1. The van der Waals surface area contributed by atoms with E-state index >= 15 is 0 Å². The number of nitrogens with zero attached hydrogens (tertiary/aromatic N) is 4. The average molecular weight is 338 g/mol. The van der Waals surface area contributed by atoms with Crippen LogP contribution in [0.3, 0.4) is 0 Å². The highest BCUT2D eigenvalue weighted by molar-refractivity contribution is 6.26. The molecule has 0 N–H and O–H groups in total. The Morgan fingerprint density at radius 2 is 1.80 bits per heavy atom. The van der Waals surface area contributed by atoms with Gasteiger partial charge in [-0.1, -0.05) is 23.4 Å². The molecule has 2 atom stereocenters. The third kappa shape index (κ3) is 2.31. The summed E-state index contributed by atoms with van der Waals surface area (Å²) >= 11 is 0. The van der Waals surface area contributed by atoms with Crippen LogP contribution in [0, 0.1) is 19.7 Å². The van der Waals surface area contributed by atoms with E-state index in [1.165, 1.54) is 11.1 Å². The molecule has 0 unspecified atom stereocenters. The number of benzene rings is 2. The largest absolute Gasteiger partial charge is 0.271 e. The number of imide groups is 1. The number of hydrogen-bond acceptors (Lipinski definition) is 5. The number of hydrogen-bond donors (Lipinski definition) is 0. The highest BCUT2D eigenvalue weighted by Crippen LogP contribution is 2.35. The number of anilines is 2. The first-order valence-electron chi connectivity index (χ1n) is 7.88. The van der Waals surface area contributed by atoms with E-state index in [0.29, 0.717) is 11.3 Å². The highest BCUT2D eigenvalue weighted by Gasteiger charge is 2.55. The molecule has 2 aliphatic heterocycles. The molecular formula is C18H15FN4O2. The van der Waals surface area contributed by atoms with Crippen LogP contribution < -0.4 is 9.91 Å². The molecule has 0 bridgehead atoms. The zero-order valence-electron chi connectivity index (χ0n) is 13.7. The average Bonchev–Trinajstić information content (AvgIpc) is 3.12. The molecule has 4 rings (SSSR count). The van der Waals surface area contributed by atoms with Gasteiger partial charge in [-0.25, -0.2) is 14.3 Å². The fourth-order valence-electron chi connectivity index (χ4n) is 3.12. The van der Waals surface area contributed by atoms with E-state index in [0.717, 1.165) is 10.5 Å². The molecule has 2 aromatic rings. The number of aryl methyl sites for hydroxylation is 2. The van der Waals surface area contributed by atoms with Gasteiger partial charge >= 0.3 is 0 Å². The molecule has 2 amide bonds. The van der Waals surface area contributed by atoms with Gasteiger partial charge < -0.3 is 0 Å². The van der Waals surface area contributed by atoms with Gasteiger partial charge in [-0.2, -0.15) is 5.11 Å². The van der Waals surface area contributed by atoms with Crippen molar-refractivity contribution < 1.29 is 14.0 Å². The summed E-state index contributed by atoms with van der Waals surface area (Å²) in [6, 6.07) is 10.0. The Kier molecular flexibility index (Phi) is 3.38. The SMILES string of the molecule is Cc1cccc(N2N=N[C@@H]3C(=O)N(c4ccc(C)c(F)c4)C(=O)[C@@H]32)c1. The van der Waals surface area contributed by atoms with Crippen LogP contribution in [0.1, 0.15) is 11.1 Å². The lowest BCUT2D eigenvalue weighted by molar-refractivity contribution is -0.121. The van der Waals surface area contributed by atoms with Crippen LogP contribution in [0.2, 0.25) is 0 Å². The first kappa shape index (κ1) is 15.4. The van der Waals surface area contributed by atoms with Crippen molar-refractivity contribution in [2.75, 3.05) is 9.91 Å². The lowest BCUT2D eigenvalue weighted by Crippen LogP contribution is -2.40. The van der Waals surface area contributed by atoms with Crippen molar-refractivity contribution in [1.82, 2.24) is 0 Å². The molecule has 0 aromatic heterocycles. The minimum absolute atomic E-state index is 0.215. The van der Waals surface area contributed by atoms with Crippen molar-refractivity contribution in [3.63, 3.8) is 0 Å². The van der Waals surface area contributed by atoms with Crippen molar-refractivity contribution in [2.24, 2.45) is 10.3 Å². The Hall–Kier alpha value is -3.09. The predicted octanol–water partition coefficient (Wildman–Crippen LogP) is 2.94. The monoisotopic (exact) mass is 338 g/mol. The Morgan fingerprint density at radius 3 is 2.52 bits per heavy atom. The van der Waals surface area contributed by atoms with Crippen molar-refractivity contribution in [2.45, 2.75) is 25.9 Å². The van der Waals surface area contributed by atoms with Gasteiger partial charge in [-0.05, 0) is 49.2 Å². The number of amides is 2. The van der Waals surface area contributed by atoms with Crippen molar-refractivity contribution >= 4 is 23.2 Å². The number of carbonyl (C=O) groups excluding carboxylic acids is 2. The Bertz CT molecular complexity index is 927. The zero-order valence-corrected chi connectivity index (χ0v) is 13.7. The van der Waals surface area contributed by atoms with E-state index in [2.05, 4.69) is 10.3 Å². The lowest BCUT2D eigenvalue weighted by Gasteiger charge is -2.21. The molecule has 0 radical (unpaired) electrons. The second kappa shape index (κ2) is 5.47. The summed E-state index contributed by atoms with van der Waals surface area (Å²) in [6.45, 7) is 3.55. The quantitative estimate of drug-likeness (QED) is 0.791. The topological polar surface area (TPSA) is 65.3 Å².